The second-order valence-electron chi connectivity index (χ2n) is 7.82. The van der Waals surface area contributed by atoms with Crippen molar-refractivity contribution >= 4 is 17.9 Å². The fourth-order valence-electron chi connectivity index (χ4n) is 4.09. The number of carboxylic acid groups (broad SMARTS) is 1. The number of urea groups is 1. The number of carbonyl (C=O) groups excluding carboxylic acids is 2. The highest BCUT2D eigenvalue weighted by Crippen LogP contribution is 2.24. The molecule has 2 heterocycles. The molecule has 0 atom stereocenters. The highest BCUT2D eigenvalue weighted by molar-refractivity contribution is 5.80. The average Bonchev–Trinajstić information content (AvgIpc) is 2.73. The number of carboxylic acids is 1. The predicted octanol–water partition coefficient (Wildman–Crippen LogP) is 2.27. The van der Waals surface area contributed by atoms with Crippen LogP contribution in [-0.2, 0) is 16.1 Å². The van der Waals surface area contributed by atoms with Gasteiger partial charge in [0.05, 0.1) is 5.92 Å². The van der Waals surface area contributed by atoms with Gasteiger partial charge in [-0.2, -0.15) is 0 Å². The number of aliphatic carboxylic acids is 1. The summed E-state index contributed by atoms with van der Waals surface area (Å²) in [7, 11) is 1.80. The number of benzene rings is 1. The summed E-state index contributed by atoms with van der Waals surface area (Å²) >= 11 is 0. The Hall–Kier alpha value is -2.57. The smallest absolute Gasteiger partial charge is 0.320 e. The standard InChI is InChI=1S/C21H29N3O4/c1-22(15-16-5-3-2-4-6-16)21(28)24-13-7-17(8-14-24)19(25)23-11-9-18(10-12-23)20(26)27/h2-6,17-18H,7-15H2,1H3,(H,26,27). The molecule has 0 aliphatic carbocycles. The number of likely N-dealkylation sites (tertiary alicyclic amines) is 2. The zero-order valence-electron chi connectivity index (χ0n) is 16.4. The molecule has 0 spiro atoms. The van der Waals surface area contributed by atoms with Crippen LogP contribution in [0.2, 0.25) is 0 Å². The van der Waals surface area contributed by atoms with E-state index in [-0.39, 0.29) is 23.8 Å². The Morgan fingerprint density at radius 1 is 0.929 bits per heavy atom. The summed E-state index contributed by atoms with van der Waals surface area (Å²) in [6.07, 6.45) is 2.40. The molecule has 2 saturated heterocycles. The first-order valence-electron chi connectivity index (χ1n) is 10.0. The van der Waals surface area contributed by atoms with Crippen LogP contribution in [0.15, 0.2) is 30.3 Å². The van der Waals surface area contributed by atoms with Crippen LogP contribution in [0.1, 0.15) is 31.2 Å². The van der Waals surface area contributed by atoms with Crippen molar-refractivity contribution in [2.45, 2.75) is 32.2 Å². The summed E-state index contributed by atoms with van der Waals surface area (Å²) in [5, 5.41) is 9.09. The fraction of sp³-hybridized carbons (Fsp3) is 0.571. The third-order valence-corrected chi connectivity index (χ3v) is 5.86. The van der Waals surface area contributed by atoms with E-state index in [1.54, 1.807) is 11.9 Å². The molecule has 0 bridgehead atoms. The number of nitrogens with zero attached hydrogens (tertiary/aromatic N) is 3. The van der Waals surface area contributed by atoms with Crippen LogP contribution < -0.4 is 0 Å². The Morgan fingerprint density at radius 3 is 2.04 bits per heavy atom. The SMILES string of the molecule is CN(Cc1ccccc1)C(=O)N1CCC(C(=O)N2CCC(C(=O)O)CC2)CC1. The van der Waals surface area contributed by atoms with Gasteiger partial charge in [0, 0.05) is 45.7 Å². The first-order valence-corrected chi connectivity index (χ1v) is 10.0. The minimum atomic E-state index is -0.765. The zero-order valence-corrected chi connectivity index (χ0v) is 16.4. The van der Waals surface area contributed by atoms with Crippen molar-refractivity contribution in [3.63, 3.8) is 0 Å². The third kappa shape index (κ3) is 4.82. The van der Waals surface area contributed by atoms with Crippen molar-refractivity contribution in [3.8, 4) is 0 Å². The molecular formula is C21H29N3O4. The maximum Gasteiger partial charge on any atom is 0.320 e. The van der Waals surface area contributed by atoms with E-state index in [1.165, 1.54) is 0 Å². The lowest BCUT2D eigenvalue weighted by Gasteiger charge is -2.37. The molecule has 3 rings (SSSR count). The molecule has 2 aliphatic heterocycles. The fourth-order valence-corrected chi connectivity index (χ4v) is 4.09. The summed E-state index contributed by atoms with van der Waals surface area (Å²) in [6.45, 7) is 2.78. The molecule has 2 aliphatic rings. The zero-order chi connectivity index (χ0) is 20.1. The van der Waals surface area contributed by atoms with Crippen molar-refractivity contribution in [2.24, 2.45) is 11.8 Å². The van der Waals surface area contributed by atoms with Crippen LogP contribution in [0.25, 0.3) is 0 Å². The first-order chi connectivity index (χ1) is 13.5. The summed E-state index contributed by atoms with van der Waals surface area (Å²) < 4.78 is 0. The number of piperidine rings is 2. The molecule has 3 amide bonds. The second-order valence-corrected chi connectivity index (χ2v) is 7.82. The van der Waals surface area contributed by atoms with Crippen molar-refractivity contribution in [3.05, 3.63) is 35.9 Å². The van der Waals surface area contributed by atoms with Gasteiger partial charge in [-0.15, -0.1) is 0 Å². The van der Waals surface area contributed by atoms with Crippen LogP contribution >= 0.6 is 0 Å². The molecular weight excluding hydrogens is 358 g/mol. The normalized spacial score (nSPS) is 18.8. The number of hydrogen-bond donors (Lipinski definition) is 1. The second kappa shape index (κ2) is 9.08. The maximum atomic E-state index is 12.7. The van der Waals surface area contributed by atoms with Gasteiger partial charge in [-0.25, -0.2) is 4.79 Å². The summed E-state index contributed by atoms with van der Waals surface area (Å²) in [5.41, 5.74) is 1.09. The lowest BCUT2D eigenvalue weighted by molar-refractivity contribution is -0.147. The van der Waals surface area contributed by atoms with Gasteiger partial charge in [0.1, 0.15) is 0 Å². The summed E-state index contributed by atoms with van der Waals surface area (Å²) in [6, 6.07) is 9.88. The lowest BCUT2D eigenvalue weighted by Crippen LogP contribution is -2.49. The molecule has 1 aromatic rings. The number of carbonyl (C=O) groups is 3. The minimum absolute atomic E-state index is 0.00276. The third-order valence-electron chi connectivity index (χ3n) is 5.86. The van der Waals surface area contributed by atoms with E-state index in [4.69, 9.17) is 5.11 Å². The number of hydrogen-bond acceptors (Lipinski definition) is 3. The van der Waals surface area contributed by atoms with Gasteiger partial charge in [0.25, 0.3) is 0 Å². The van der Waals surface area contributed by atoms with Crippen molar-refractivity contribution in [2.75, 3.05) is 33.2 Å². The topological polar surface area (TPSA) is 81.2 Å². The quantitative estimate of drug-likeness (QED) is 0.859. The molecule has 7 nitrogen and oxygen atoms in total. The van der Waals surface area contributed by atoms with E-state index in [0.717, 1.165) is 5.56 Å². The predicted molar refractivity (Wildman–Crippen MR) is 105 cm³/mol. The molecule has 2 fully saturated rings. The van der Waals surface area contributed by atoms with Gasteiger partial charge in [0.2, 0.25) is 5.91 Å². The van der Waals surface area contributed by atoms with Crippen LogP contribution in [0.5, 0.6) is 0 Å². The van der Waals surface area contributed by atoms with E-state index in [2.05, 4.69) is 0 Å². The first kappa shape index (κ1) is 20.2. The molecule has 0 unspecified atom stereocenters. The monoisotopic (exact) mass is 387 g/mol. The molecule has 0 aromatic heterocycles. The maximum absolute atomic E-state index is 12.7. The van der Waals surface area contributed by atoms with Gasteiger partial charge in [-0.3, -0.25) is 9.59 Å². The minimum Gasteiger partial charge on any atom is -0.481 e. The Bertz CT molecular complexity index is 693. The molecule has 0 saturated carbocycles. The largest absolute Gasteiger partial charge is 0.481 e. The van der Waals surface area contributed by atoms with E-state index < -0.39 is 5.97 Å². The molecule has 7 heteroatoms. The summed E-state index contributed by atoms with van der Waals surface area (Å²) in [5.74, 6) is -1.04. The van der Waals surface area contributed by atoms with Crippen LogP contribution in [-0.4, -0.2) is 70.9 Å². The van der Waals surface area contributed by atoms with Crippen LogP contribution in [0, 0.1) is 11.8 Å². The van der Waals surface area contributed by atoms with Gasteiger partial charge in [-0.05, 0) is 31.2 Å². The Labute approximate surface area is 165 Å². The van der Waals surface area contributed by atoms with Gasteiger partial charge >= 0.3 is 12.0 Å². The summed E-state index contributed by atoms with van der Waals surface area (Å²) in [4.78, 5) is 41.8. The molecule has 1 N–H and O–H groups in total. The van der Waals surface area contributed by atoms with Crippen molar-refractivity contribution in [1.29, 1.82) is 0 Å². The van der Waals surface area contributed by atoms with Crippen molar-refractivity contribution < 1.29 is 19.5 Å². The highest BCUT2D eigenvalue weighted by atomic mass is 16.4. The van der Waals surface area contributed by atoms with Gasteiger partial charge in [-0.1, -0.05) is 30.3 Å². The van der Waals surface area contributed by atoms with Gasteiger partial charge < -0.3 is 19.8 Å². The van der Waals surface area contributed by atoms with E-state index >= 15 is 0 Å². The Balaban J connectivity index is 1.45. The molecule has 0 radical (unpaired) electrons. The average molecular weight is 387 g/mol. The van der Waals surface area contributed by atoms with Gasteiger partial charge in [0.15, 0.2) is 0 Å². The Morgan fingerprint density at radius 2 is 1.46 bits per heavy atom. The van der Waals surface area contributed by atoms with Crippen LogP contribution in [0.3, 0.4) is 0 Å². The lowest BCUT2D eigenvalue weighted by atomic mass is 9.92. The Kier molecular flexibility index (Phi) is 6.54. The molecule has 28 heavy (non-hydrogen) atoms. The van der Waals surface area contributed by atoms with E-state index in [1.807, 2.05) is 40.1 Å². The number of amides is 3. The van der Waals surface area contributed by atoms with Crippen LogP contribution in [0.4, 0.5) is 4.79 Å². The van der Waals surface area contributed by atoms with E-state index in [0.29, 0.717) is 58.4 Å². The van der Waals surface area contributed by atoms with E-state index in [9.17, 15) is 14.4 Å². The van der Waals surface area contributed by atoms with Crippen molar-refractivity contribution in [1.82, 2.24) is 14.7 Å². The highest BCUT2D eigenvalue weighted by Gasteiger charge is 2.33. The molecule has 152 valence electrons. The number of rotatable bonds is 4. The molecule has 1 aromatic carbocycles.